The summed E-state index contributed by atoms with van der Waals surface area (Å²) in [5, 5.41) is 33.8. The van der Waals surface area contributed by atoms with Gasteiger partial charge < -0.3 is 35.8 Å². The third kappa shape index (κ3) is 4.11. The van der Waals surface area contributed by atoms with Gasteiger partial charge in [0.15, 0.2) is 46.2 Å². The van der Waals surface area contributed by atoms with Crippen molar-refractivity contribution in [3.05, 3.63) is 16.7 Å². The quantitative estimate of drug-likeness (QED) is 0.116. The Morgan fingerprint density at radius 1 is 1.21 bits per heavy atom. The highest BCUT2D eigenvalue weighted by Gasteiger charge is 2.79. The maximum absolute atomic E-state index is 15.8. The van der Waals surface area contributed by atoms with E-state index in [-0.39, 0.29) is 34.1 Å². The minimum absolute atomic E-state index is 0.000169. The largest absolute Gasteiger partial charge is 0.388 e. The minimum Gasteiger partial charge on any atom is -0.388 e. The van der Waals surface area contributed by atoms with E-state index in [0.29, 0.717) is 0 Å². The van der Waals surface area contributed by atoms with E-state index in [1.807, 2.05) is 0 Å². The van der Waals surface area contributed by atoms with E-state index in [9.17, 15) is 19.9 Å². The summed E-state index contributed by atoms with van der Waals surface area (Å²) in [5.74, 6) is -0.248. The normalized spacial score (nSPS) is 35.5. The molecule has 7 rings (SSSR count). The first-order chi connectivity index (χ1) is 19.9. The van der Waals surface area contributed by atoms with E-state index in [2.05, 4.69) is 40.6 Å². The summed E-state index contributed by atoms with van der Waals surface area (Å²) in [5.41, 5.74) is 8.17. The molecule has 4 aromatic heterocycles. The number of aromatic amines is 1. The number of alkyl halides is 2. The first kappa shape index (κ1) is 27.8. The molecule has 3 aliphatic rings. The number of anilines is 2. The number of hydrogen-bond donors (Lipinski definition) is 6. The molecule has 0 aromatic carbocycles. The van der Waals surface area contributed by atoms with Gasteiger partial charge in [-0.15, -0.1) is 22.0 Å². The molecule has 2 saturated heterocycles. The van der Waals surface area contributed by atoms with E-state index in [1.165, 1.54) is 0 Å². The fourth-order valence-corrected chi connectivity index (χ4v) is 8.19. The van der Waals surface area contributed by atoms with Crippen molar-refractivity contribution in [1.29, 1.82) is 0 Å². The van der Waals surface area contributed by atoms with E-state index < -0.39 is 72.0 Å². The van der Waals surface area contributed by atoms with E-state index in [0.717, 1.165) is 27.5 Å². The molecule has 24 heteroatoms. The number of fused-ring (bicyclic) bond motifs is 3. The smallest absolute Gasteiger partial charge is 0.325 e. The molecule has 0 amide bonds. The maximum atomic E-state index is 15.8. The average Bonchev–Trinajstić information content (AvgIpc) is 3.47. The summed E-state index contributed by atoms with van der Waals surface area (Å²) in [6, 6.07) is 0. The van der Waals surface area contributed by atoms with Crippen molar-refractivity contribution in [2.24, 2.45) is 0 Å². The number of hydrogen-bond acceptors (Lipinski definition) is 17. The molecular weight excluding hydrogens is 629 g/mol. The predicted molar refractivity (Wildman–Crippen MR) is 140 cm³/mol. The summed E-state index contributed by atoms with van der Waals surface area (Å²) < 4.78 is 49.4. The zero-order valence-corrected chi connectivity index (χ0v) is 23.1. The Balaban J connectivity index is 1.09. The molecule has 0 spiro atoms. The lowest BCUT2D eigenvalue weighted by molar-refractivity contribution is -0.0523. The molecule has 0 radical (unpaired) electrons. The van der Waals surface area contributed by atoms with Gasteiger partial charge in [-0.2, -0.15) is 9.67 Å². The van der Waals surface area contributed by atoms with Gasteiger partial charge in [-0.25, -0.2) is 23.4 Å². The van der Waals surface area contributed by atoms with Gasteiger partial charge in [0.05, 0.1) is 11.9 Å². The van der Waals surface area contributed by atoms with Crippen molar-refractivity contribution in [3.8, 4) is 0 Å². The number of rotatable bonds is 7. The highest BCUT2D eigenvalue weighted by Crippen LogP contribution is 2.68. The van der Waals surface area contributed by atoms with Gasteiger partial charge in [0.2, 0.25) is 5.95 Å². The second kappa shape index (κ2) is 9.49. The molecule has 10 atom stereocenters. The second-order valence-electron chi connectivity index (χ2n) is 9.63. The van der Waals surface area contributed by atoms with Crippen LogP contribution in [0.2, 0.25) is 0 Å². The molecule has 8 N–H and O–H groups in total. The Hall–Kier alpha value is -3.02. The van der Waals surface area contributed by atoms with Crippen molar-refractivity contribution in [3.63, 3.8) is 0 Å². The van der Waals surface area contributed by atoms with Crippen molar-refractivity contribution in [2.45, 2.75) is 53.1 Å². The van der Waals surface area contributed by atoms with Gasteiger partial charge in [0.25, 0.3) is 5.56 Å². The summed E-state index contributed by atoms with van der Waals surface area (Å²) in [6.07, 6.45) is -8.67. The SMILES string of the molecule is Nc1nc2c(nnn2[C@@H]2S[C@@H]3C(O)[C@]3(F)[C@H]2OP(O)(=S)OC[C@H]2O[C@@H](n3nnc4c(N)ncnc43)[C@@H](F)[C@@H]2O)c(=O)[nH]1. The fourth-order valence-electron chi connectivity index (χ4n) is 4.96. The summed E-state index contributed by atoms with van der Waals surface area (Å²) >= 11 is 5.99. The zero-order valence-electron chi connectivity index (χ0n) is 20.6. The monoisotopic (exact) mass is 648 g/mol. The Kier molecular flexibility index (Phi) is 6.28. The summed E-state index contributed by atoms with van der Waals surface area (Å²) in [6.45, 7) is -5.03. The number of aromatic nitrogens is 10. The first-order valence-electron chi connectivity index (χ1n) is 12.0. The van der Waals surface area contributed by atoms with Gasteiger partial charge >= 0.3 is 6.72 Å². The number of thioether (sulfide) groups is 1. The van der Waals surface area contributed by atoms with E-state index >= 15 is 8.78 Å². The topological polar surface area (TPSA) is 273 Å². The van der Waals surface area contributed by atoms with E-state index in [1.54, 1.807) is 0 Å². The number of aliphatic hydroxyl groups excluding tert-OH is 2. The van der Waals surface area contributed by atoms with Crippen LogP contribution in [0.25, 0.3) is 22.3 Å². The van der Waals surface area contributed by atoms with Crippen molar-refractivity contribution in [2.75, 3.05) is 18.1 Å². The predicted octanol–water partition coefficient (Wildman–Crippen LogP) is -2.17. The van der Waals surface area contributed by atoms with Crippen LogP contribution < -0.4 is 17.0 Å². The molecule has 19 nitrogen and oxygen atoms in total. The third-order valence-electron chi connectivity index (χ3n) is 7.12. The van der Waals surface area contributed by atoms with Gasteiger partial charge in [-0.1, -0.05) is 10.4 Å². The average molecular weight is 649 g/mol. The molecule has 6 heterocycles. The summed E-state index contributed by atoms with van der Waals surface area (Å²) in [7, 11) is 0. The van der Waals surface area contributed by atoms with Gasteiger partial charge in [-0.3, -0.25) is 14.3 Å². The van der Waals surface area contributed by atoms with Crippen LogP contribution in [0.1, 0.15) is 11.6 Å². The summed E-state index contributed by atoms with van der Waals surface area (Å²) in [4.78, 5) is 37.0. The van der Waals surface area contributed by atoms with Gasteiger partial charge in [-0.05, 0) is 11.8 Å². The molecule has 0 bridgehead atoms. The number of nitrogens with zero attached hydrogens (tertiary/aromatic N) is 9. The molecule has 4 aromatic rings. The molecule has 3 fully saturated rings. The van der Waals surface area contributed by atoms with Crippen LogP contribution in [0.4, 0.5) is 20.5 Å². The van der Waals surface area contributed by atoms with Crippen molar-refractivity contribution >= 4 is 64.4 Å². The second-order valence-corrected chi connectivity index (χ2v) is 13.7. The fraction of sp³-hybridized carbons (Fsp3) is 0.556. The first-order valence-corrected chi connectivity index (χ1v) is 15.5. The number of ether oxygens (including phenoxy) is 1. The molecule has 1 aliphatic carbocycles. The van der Waals surface area contributed by atoms with Crippen molar-refractivity contribution in [1.82, 2.24) is 49.9 Å². The standard InChI is InChI=1S/C18H19F2N12O7PS2/c19-4-7(33)3(38-15(4)31-12-5(27-29-31)11(21)23-2-24-12)1-37-40(36,41)39-9-16(42-10-8(34)18(9,10)20)32-13-6(28-30-32)14(35)26-17(22)25-13/h2-4,7-10,15-16,33-34H,1H2,(H,36,41)(H2,21,23,24)(H3,22,25,26,35)/t3-,4+,7-,8?,9+,10-,15-,16-,18+,40?/m1/s1. The number of aliphatic hydroxyl groups is 2. The Morgan fingerprint density at radius 2 is 1.95 bits per heavy atom. The minimum atomic E-state index is -4.36. The molecular formula is C18H19F2N12O7PS2. The Labute approximate surface area is 239 Å². The third-order valence-corrected chi connectivity index (χ3v) is 10.3. The highest BCUT2D eigenvalue weighted by molar-refractivity contribution is 8.07. The molecule has 42 heavy (non-hydrogen) atoms. The number of nitrogen functional groups attached to an aromatic ring is 2. The maximum Gasteiger partial charge on any atom is 0.325 e. The molecule has 224 valence electrons. The lowest BCUT2D eigenvalue weighted by Gasteiger charge is -2.29. The van der Waals surface area contributed by atoms with Crippen LogP contribution in [0.3, 0.4) is 0 Å². The zero-order chi connectivity index (χ0) is 29.7. The number of halogens is 2. The lowest BCUT2D eigenvalue weighted by atomic mass is 10.1. The van der Waals surface area contributed by atoms with Gasteiger partial charge in [0, 0.05) is 0 Å². The van der Waals surface area contributed by atoms with Crippen LogP contribution >= 0.6 is 18.5 Å². The van der Waals surface area contributed by atoms with Crippen LogP contribution in [0.15, 0.2) is 11.1 Å². The highest BCUT2D eigenvalue weighted by atomic mass is 32.5. The van der Waals surface area contributed by atoms with Crippen LogP contribution in [0.5, 0.6) is 0 Å². The van der Waals surface area contributed by atoms with Crippen LogP contribution in [-0.2, 0) is 25.6 Å². The lowest BCUT2D eigenvalue weighted by Crippen LogP contribution is -2.36. The molecule has 2 unspecified atom stereocenters. The molecule has 1 saturated carbocycles. The molecule has 2 aliphatic heterocycles. The van der Waals surface area contributed by atoms with Crippen LogP contribution in [-0.4, -0.2) is 113 Å². The van der Waals surface area contributed by atoms with Crippen LogP contribution in [0, 0.1) is 0 Å². The van der Waals surface area contributed by atoms with E-state index in [4.69, 9.17) is 37.1 Å². The van der Waals surface area contributed by atoms with Crippen molar-refractivity contribution < 1.29 is 37.7 Å². The number of nitrogens with two attached hydrogens (primary N) is 2. The number of nitrogens with one attached hydrogen (secondary N) is 1. The Bertz CT molecular complexity index is 1830. The number of H-pyrrole nitrogens is 1. The van der Waals surface area contributed by atoms with Gasteiger partial charge in [0.1, 0.15) is 36.1 Å². The Morgan fingerprint density at radius 3 is 2.74 bits per heavy atom.